The fraction of sp³-hybridized carbons (Fsp3) is 0.333. The van der Waals surface area contributed by atoms with E-state index in [1.807, 2.05) is 37.3 Å². The highest BCUT2D eigenvalue weighted by Crippen LogP contribution is 2.42. The van der Waals surface area contributed by atoms with Crippen LogP contribution in [-0.4, -0.2) is 39.1 Å². The van der Waals surface area contributed by atoms with E-state index in [0.29, 0.717) is 42.3 Å². The topological polar surface area (TPSA) is 106 Å². The number of nitrogens with zero attached hydrogens (tertiary/aromatic N) is 1. The number of fused-ring (bicyclic) bond motifs is 1. The van der Waals surface area contributed by atoms with Crippen molar-refractivity contribution in [3.8, 4) is 11.5 Å². The molecule has 0 saturated heterocycles. The van der Waals surface area contributed by atoms with E-state index in [-0.39, 0.29) is 11.8 Å². The zero-order valence-electron chi connectivity index (χ0n) is 19.0. The van der Waals surface area contributed by atoms with E-state index in [2.05, 4.69) is 10.6 Å². The van der Waals surface area contributed by atoms with E-state index in [0.717, 1.165) is 29.1 Å². The molecule has 2 aromatic rings. The van der Waals surface area contributed by atoms with Crippen molar-refractivity contribution in [1.82, 2.24) is 0 Å². The van der Waals surface area contributed by atoms with Crippen molar-refractivity contribution in [2.75, 3.05) is 42.8 Å². The second-order valence-corrected chi connectivity index (χ2v) is 7.40. The summed E-state index contributed by atoms with van der Waals surface area (Å²) in [6.45, 7) is 4.63. The molecule has 0 unspecified atom stereocenters. The van der Waals surface area contributed by atoms with Gasteiger partial charge in [-0.2, -0.15) is 0 Å². The van der Waals surface area contributed by atoms with Gasteiger partial charge in [-0.05, 0) is 49.7 Å². The lowest BCUT2D eigenvalue weighted by Crippen LogP contribution is -2.30. The number of benzene rings is 2. The fourth-order valence-corrected chi connectivity index (χ4v) is 3.74. The summed E-state index contributed by atoms with van der Waals surface area (Å²) < 4.78 is 10.8. The summed E-state index contributed by atoms with van der Waals surface area (Å²) in [4.78, 5) is 26.5. The number of rotatable bonds is 9. The van der Waals surface area contributed by atoms with Gasteiger partial charge in [0.15, 0.2) is 11.5 Å². The Hall–Kier alpha value is -3.52. The molecular formula is C24H30N4O4. The van der Waals surface area contributed by atoms with Crippen molar-refractivity contribution in [3.63, 3.8) is 0 Å². The van der Waals surface area contributed by atoms with E-state index in [1.165, 1.54) is 0 Å². The average Bonchev–Trinajstić information content (AvgIpc) is 3.11. The van der Waals surface area contributed by atoms with Crippen LogP contribution < -0.4 is 30.7 Å². The molecule has 0 atom stereocenters. The van der Waals surface area contributed by atoms with Crippen LogP contribution in [0.2, 0.25) is 0 Å². The van der Waals surface area contributed by atoms with Gasteiger partial charge in [-0.3, -0.25) is 9.59 Å². The van der Waals surface area contributed by atoms with Crippen molar-refractivity contribution in [1.29, 1.82) is 0 Å². The Morgan fingerprint density at radius 1 is 1.12 bits per heavy atom. The summed E-state index contributed by atoms with van der Waals surface area (Å²) in [5.41, 5.74) is 10.0. The molecule has 32 heavy (non-hydrogen) atoms. The number of hydrogen-bond donors (Lipinski definition) is 3. The molecule has 0 aromatic heterocycles. The van der Waals surface area contributed by atoms with Crippen LogP contribution >= 0.6 is 0 Å². The van der Waals surface area contributed by atoms with Gasteiger partial charge in [0.1, 0.15) is 0 Å². The zero-order chi connectivity index (χ0) is 23.3. The van der Waals surface area contributed by atoms with Crippen LogP contribution in [0.1, 0.15) is 32.3 Å². The second kappa shape index (κ2) is 10.2. The first-order valence-corrected chi connectivity index (χ1v) is 10.6. The normalized spacial score (nSPS) is 13.8. The van der Waals surface area contributed by atoms with E-state index < -0.39 is 0 Å². The Morgan fingerprint density at radius 2 is 1.78 bits per heavy atom. The quantitative estimate of drug-likeness (QED) is 0.517. The lowest BCUT2D eigenvalue weighted by molar-refractivity contribution is -0.116. The predicted octanol–water partition coefficient (Wildman–Crippen LogP) is 3.59. The Balaban J connectivity index is 1.91. The number of carbonyl (C=O) groups excluding carboxylic acids is 2. The Labute approximate surface area is 188 Å². The molecule has 0 saturated carbocycles. The van der Waals surface area contributed by atoms with Gasteiger partial charge in [-0.15, -0.1) is 0 Å². The molecule has 0 radical (unpaired) electrons. The maximum Gasteiger partial charge on any atom is 0.258 e. The van der Waals surface area contributed by atoms with Crippen molar-refractivity contribution in [2.45, 2.75) is 26.7 Å². The van der Waals surface area contributed by atoms with Gasteiger partial charge in [0.25, 0.3) is 5.91 Å². The van der Waals surface area contributed by atoms with Gasteiger partial charge < -0.3 is 30.7 Å². The molecule has 0 bridgehead atoms. The molecule has 1 heterocycles. The minimum Gasteiger partial charge on any atom is -0.493 e. The summed E-state index contributed by atoms with van der Waals surface area (Å²) in [6, 6.07) is 11.1. The van der Waals surface area contributed by atoms with E-state index in [4.69, 9.17) is 15.2 Å². The molecule has 8 heteroatoms. The molecule has 1 aliphatic heterocycles. The SMILES string of the molecule is CCC(Nc1ccc(N(CCCN)C(C)=O)cc1)=C1C(=O)Nc2cc(OC)c(OC)cc21. The first-order valence-electron chi connectivity index (χ1n) is 10.6. The van der Waals surface area contributed by atoms with Crippen LogP contribution in [-0.2, 0) is 9.59 Å². The Morgan fingerprint density at radius 3 is 2.34 bits per heavy atom. The zero-order valence-corrected chi connectivity index (χ0v) is 19.0. The third kappa shape index (κ3) is 4.70. The highest BCUT2D eigenvalue weighted by molar-refractivity contribution is 6.32. The van der Waals surface area contributed by atoms with Crippen LogP contribution in [0.4, 0.5) is 17.1 Å². The van der Waals surface area contributed by atoms with Gasteiger partial charge in [-0.25, -0.2) is 0 Å². The number of nitrogens with two attached hydrogens (primary N) is 1. The van der Waals surface area contributed by atoms with Crippen LogP contribution in [0.3, 0.4) is 0 Å². The first kappa shape index (κ1) is 23.1. The van der Waals surface area contributed by atoms with Crippen molar-refractivity contribution < 1.29 is 19.1 Å². The summed E-state index contributed by atoms with van der Waals surface area (Å²) in [6.07, 6.45) is 1.35. The maximum absolute atomic E-state index is 12.8. The first-order chi connectivity index (χ1) is 15.4. The van der Waals surface area contributed by atoms with Crippen molar-refractivity contribution in [2.24, 2.45) is 5.73 Å². The number of amides is 2. The number of nitrogens with one attached hydrogen (secondary N) is 2. The molecular weight excluding hydrogens is 408 g/mol. The molecule has 3 rings (SSSR count). The van der Waals surface area contributed by atoms with Gasteiger partial charge in [0.2, 0.25) is 5.91 Å². The molecule has 1 aliphatic rings. The lowest BCUT2D eigenvalue weighted by Gasteiger charge is -2.21. The highest BCUT2D eigenvalue weighted by Gasteiger charge is 2.29. The summed E-state index contributed by atoms with van der Waals surface area (Å²) >= 11 is 0. The monoisotopic (exact) mass is 438 g/mol. The van der Waals surface area contributed by atoms with Crippen molar-refractivity contribution >= 4 is 34.4 Å². The second-order valence-electron chi connectivity index (χ2n) is 7.40. The van der Waals surface area contributed by atoms with Crippen LogP contribution in [0.5, 0.6) is 11.5 Å². The van der Waals surface area contributed by atoms with Gasteiger partial charge in [0.05, 0.1) is 25.5 Å². The largest absolute Gasteiger partial charge is 0.493 e. The van der Waals surface area contributed by atoms with Crippen molar-refractivity contribution in [3.05, 3.63) is 47.7 Å². The molecule has 2 amide bonds. The van der Waals surface area contributed by atoms with E-state index in [9.17, 15) is 9.59 Å². The third-order valence-electron chi connectivity index (χ3n) is 5.36. The molecule has 2 aromatic carbocycles. The molecule has 8 nitrogen and oxygen atoms in total. The number of methoxy groups -OCH3 is 2. The minimum atomic E-state index is -0.180. The lowest BCUT2D eigenvalue weighted by atomic mass is 10.0. The van der Waals surface area contributed by atoms with Gasteiger partial charge in [0, 0.05) is 42.2 Å². The van der Waals surface area contributed by atoms with E-state index in [1.54, 1.807) is 32.1 Å². The van der Waals surface area contributed by atoms with Crippen LogP contribution in [0.15, 0.2) is 42.1 Å². The van der Waals surface area contributed by atoms with Gasteiger partial charge >= 0.3 is 0 Å². The molecule has 0 aliphatic carbocycles. The van der Waals surface area contributed by atoms with E-state index >= 15 is 0 Å². The highest BCUT2D eigenvalue weighted by atomic mass is 16.5. The minimum absolute atomic E-state index is 0.0286. The predicted molar refractivity (Wildman–Crippen MR) is 127 cm³/mol. The van der Waals surface area contributed by atoms with Crippen LogP contribution in [0, 0.1) is 0 Å². The number of ether oxygens (including phenoxy) is 2. The summed E-state index contributed by atoms with van der Waals surface area (Å²) in [7, 11) is 3.12. The maximum atomic E-state index is 12.8. The Bertz CT molecular complexity index is 1030. The van der Waals surface area contributed by atoms with Crippen LogP contribution in [0.25, 0.3) is 5.57 Å². The number of allylic oxidation sites excluding steroid dienone is 1. The molecule has 0 fully saturated rings. The summed E-state index contributed by atoms with van der Waals surface area (Å²) in [5, 5.41) is 6.27. The molecule has 4 N–H and O–H groups in total. The smallest absolute Gasteiger partial charge is 0.258 e. The summed E-state index contributed by atoms with van der Waals surface area (Å²) in [5.74, 6) is 0.904. The third-order valence-corrected chi connectivity index (χ3v) is 5.36. The standard InChI is InChI=1S/C24H30N4O4/c1-5-19(23-18-13-21(31-3)22(32-4)14-20(18)27-24(23)30)26-16-7-9-17(10-8-16)28(15(2)29)12-6-11-25/h7-10,13-14,26H,5-6,11-12,25H2,1-4H3,(H,27,30). The molecule has 170 valence electrons. The Kier molecular flexibility index (Phi) is 7.37. The number of anilines is 3. The number of hydrogen-bond acceptors (Lipinski definition) is 6. The average molecular weight is 439 g/mol. The fourth-order valence-electron chi connectivity index (χ4n) is 3.74. The number of carbonyl (C=O) groups is 2. The van der Waals surface area contributed by atoms with Gasteiger partial charge in [-0.1, -0.05) is 6.92 Å². The molecule has 0 spiro atoms.